The number of hydrogen-bond acceptors (Lipinski definition) is 3. The summed E-state index contributed by atoms with van der Waals surface area (Å²) in [5.74, 6) is 1.71. The molecule has 0 aromatic heterocycles. The summed E-state index contributed by atoms with van der Waals surface area (Å²) in [6.07, 6.45) is 2.06. The van der Waals surface area contributed by atoms with Crippen molar-refractivity contribution in [2.45, 2.75) is 32.0 Å². The van der Waals surface area contributed by atoms with E-state index >= 15 is 0 Å². The second-order valence-corrected chi connectivity index (χ2v) is 14.1. The second kappa shape index (κ2) is 7.97. The molecule has 0 spiro atoms. The molecule has 164 valence electrons. The number of ether oxygens (including phenoxy) is 2. The minimum absolute atomic E-state index is 0.331. The number of hydrogen-bond donors (Lipinski definition) is 0. The molecule has 1 heterocycles. The van der Waals surface area contributed by atoms with E-state index in [0.29, 0.717) is 5.66 Å². The quantitative estimate of drug-likeness (QED) is 0.413. The van der Waals surface area contributed by atoms with Gasteiger partial charge in [0.1, 0.15) is 0 Å². The Morgan fingerprint density at radius 3 is 1.55 bits per heavy atom. The Kier molecular flexibility index (Phi) is 5.62. The molecule has 0 saturated carbocycles. The van der Waals surface area contributed by atoms with Gasteiger partial charge >= 0.3 is 186 Å². The van der Waals surface area contributed by atoms with E-state index in [9.17, 15) is 0 Å². The van der Waals surface area contributed by atoms with Gasteiger partial charge in [0.15, 0.2) is 0 Å². The van der Waals surface area contributed by atoms with E-state index in [-0.39, 0.29) is 0 Å². The molecular formula is C27H33O3P. The van der Waals surface area contributed by atoms with Gasteiger partial charge in [0.2, 0.25) is 0 Å². The first kappa shape index (κ1) is 21.9. The molecule has 1 saturated heterocycles. The molecule has 0 aliphatic carbocycles. The van der Waals surface area contributed by atoms with Crippen molar-refractivity contribution in [2.24, 2.45) is 0 Å². The molecule has 1 fully saturated rings. The van der Waals surface area contributed by atoms with Gasteiger partial charge in [0.05, 0.1) is 0 Å². The molecule has 1 aliphatic rings. The number of methoxy groups -OCH3 is 2. The van der Waals surface area contributed by atoms with Crippen molar-refractivity contribution in [3.8, 4) is 11.5 Å². The van der Waals surface area contributed by atoms with Crippen molar-refractivity contribution in [2.75, 3.05) is 26.5 Å². The number of rotatable bonds is 7. The first-order chi connectivity index (χ1) is 15.0. The topological polar surface area (TPSA) is 27.7 Å². The van der Waals surface area contributed by atoms with Crippen LogP contribution < -0.4 is 14.8 Å². The Morgan fingerprint density at radius 2 is 1.19 bits per heavy atom. The maximum absolute atomic E-state index is 7.47. The normalized spacial score (nSPS) is 21.8. The van der Waals surface area contributed by atoms with Crippen LogP contribution in [0.1, 0.15) is 31.9 Å². The third-order valence-electron chi connectivity index (χ3n) is 7.66. The van der Waals surface area contributed by atoms with Gasteiger partial charge < -0.3 is 0 Å². The molecule has 4 heteroatoms. The molecule has 1 atom stereocenters. The van der Waals surface area contributed by atoms with Crippen molar-refractivity contribution in [1.29, 1.82) is 0 Å². The van der Waals surface area contributed by atoms with Gasteiger partial charge in [0, 0.05) is 0 Å². The van der Waals surface area contributed by atoms with E-state index in [2.05, 4.69) is 75.4 Å². The SMILES string of the molecule is CCP1(CC)(c2ccccc2)OC(c2ccc(OC)cc2)(c2ccc(OC)cc2)[C@H]1C. The predicted molar refractivity (Wildman–Crippen MR) is 131 cm³/mol. The van der Waals surface area contributed by atoms with Crippen LogP contribution in [-0.2, 0) is 10.1 Å². The van der Waals surface area contributed by atoms with E-state index in [4.69, 9.17) is 14.0 Å². The first-order valence-corrected chi connectivity index (χ1v) is 13.7. The Balaban J connectivity index is 1.92. The van der Waals surface area contributed by atoms with Gasteiger partial charge in [-0.25, -0.2) is 0 Å². The maximum atomic E-state index is 7.47. The van der Waals surface area contributed by atoms with Crippen molar-refractivity contribution in [1.82, 2.24) is 0 Å². The molecule has 4 rings (SSSR count). The summed E-state index contributed by atoms with van der Waals surface area (Å²) >= 11 is 0. The molecule has 0 amide bonds. The summed E-state index contributed by atoms with van der Waals surface area (Å²) < 4.78 is 18.3. The molecule has 0 N–H and O–H groups in total. The van der Waals surface area contributed by atoms with Crippen molar-refractivity contribution < 1.29 is 14.0 Å². The summed E-state index contributed by atoms with van der Waals surface area (Å²) in [5, 5.41) is 1.38. The van der Waals surface area contributed by atoms with Gasteiger partial charge in [-0.15, -0.1) is 0 Å². The van der Waals surface area contributed by atoms with Crippen molar-refractivity contribution in [3.05, 3.63) is 90.0 Å². The summed E-state index contributed by atoms with van der Waals surface area (Å²) in [7, 11) is 3.40. The fraction of sp³-hybridized carbons (Fsp3) is 0.333. The van der Waals surface area contributed by atoms with Crippen LogP contribution in [0.2, 0.25) is 0 Å². The van der Waals surface area contributed by atoms with Crippen LogP contribution in [0.5, 0.6) is 11.5 Å². The van der Waals surface area contributed by atoms with Crippen LogP contribution >= 0.6 is 6.83 Å². The zero-order valence-corrected chi connectivity index (χ0v) is 20.1. The van der Waals surface area contributed by atoms with E-state index in [1.54, 1.807) is 14.2 Å². The fourth-order valence-corrected chi connectivity index (χ4v) is 11.9. The van der Waals surface area contributed by atoms with Crippen molar-refractivity contribution in [3.63, 3.8) is 0 Å². The van der Waals surface area contributed by atoms with Gasteiger partial charge in [-0.2, -0.15) is 0 Å². The molecule has 3 nitrogen and oxygen atoms in total. The van der Waals surface area contributed by atoms with Crippen molar-refractivity contribution >= 4 is 12.1 Å². The average Bonchev–Trinajstić information content (AvgIpc) is 2.85. The summed E-state index contributed by atoms with van der Waals surface area (Å²) in [4.78, 5) is 0. The Hall–Kier alpha value is -2.35. The Labute approximate surface area is 186 Å². The Morgan fingerprint density at radius 1 is 0.742 bits per heavy atom. The summed E-state index contributed by atoms with van der Waals surface area (Å²) in [6.45, 7) is 4.37. The summed E-state index contributed by atoms with van der Waals surface area (Å²) in [5.41, 5.74) is 2.17. The van der Waals surface area contributed by atoms with Gasteiger partial charge in [-0.3, -0.25) is 0 Å². The van der Waals surface area contributed by atoms with Gasteiger partial charge in [0.25, 0.3) is 0 Å². The monoisotopic (exact) mass is 436 g/mol. The van der Waals surface area contributed by atoms with Crippen LogP contribution in [0.3, 0.4) is 0 Å². The zero-order chi connectivity index (χ0) is 22.1. The zero-order valence-electron chi connectivity index (χ0n) is 19.2. The molecule has 0 unspecified atom stereocenters. The Bertz CT molecular complexity index is 977. The third kappa shape index (κ3) is 2.94. The third-order valence-corrected chi connectivity index (χ3v) is 14.9. The number of benzene rings is 3. The molecule has 3 aromatic rings. The fourth-order valence-electron chi connectivity index (χ4n) is 5.65. The first-order valence-electron chi connectivity index (χ1n) is 11.1. The molecular weight excluding hydrogens is 403 g/mol. The van der Waals surface area contributed by atoms with E-state index < -0.39 is 12.4 Å². The molecule has 1 aliphatic heterocycles. The molecule has 0 radical (unpaired) electrons. The molecule has 3 aromatic carbocycles. The van der Waals surface area contributed by atoms with Crippen LogP contribution in [0.4, 0.5) is 0 Å². The van der Waals surface area contributed by atoms with E-state index in [0.717, 1.165) is 23.8 Å². The van der Waals surface area contributed by atoms with E-state index in [1.165, 1.54) is 16.4 Å². The van der Waals surface area contributed by atoms with Crippen LogP contribution in [0.25, 0.3) is 0 Å². The molecule has 31 heavy (non-hydrogen) atoms. The van der Waals surface area contributed by atoms with Crippen LogP contribution in [0.15, 0.2) is 78.9 Å². The average molecular weight is 437 g/mol. The van der Waals surface area contributed by atoms with Crippen LogP contribution in [0, 0.1) is 0 Å². The summed E-state index contributed by atoms with van der Waals surface area (Å²) in [6, 6.07) is 27.7. The van der Waals surface area contributed by atoms with E-state index in [1.807, 2.05) is 24.3 Å². The predicted octanol–water partition coefficient (Wildman–Crippen LogP) is 6.20. The minimum atomic E-state index is -2.63. The molecule has 0 bridgehead atoms. The van der Waals surface area contributed by atoms with Crippen LogP contribution in [-0.4, -0.2) is 32.2 Å². The van der Waals surface area contributed by atoms with Gasteiger partial charge in [-0.1, -0.05) is 0 Å². The standard InChI is InChI=1S/C27H33O3P/c1-6-31(7-2,26-11-9-8-10-12-26)21(3)27(30-31,22-13-17-24(28-4)18-14-22)23-15-19-25(29-5)20-16-23/h8-21H,6-7H2,1-5H3/t21-/m1/s1. The second-order valence-electron chi connectivity index (χ2n) is 8.42. The van der Waals surface area contributed by atoms with Gasteiger partial charge in [-0.05, 0) is 0 Å².